The van der Waals surface area contributed by atoms with E-state index in [0.29, 0.717) is 0 Å². The molecule has 2 nitrogen and oxygen atoms in total. The summed E-state index contributed by atoms with van der Waals surface area (Å²) in [6.45, 7) is 6.50. The Morgan fingerprint density at radius 3 is 2.53 bits per heavy atom. The highest BCUT2D eigenvalue weighted by Gasteiger charge is 2.23. The smallest absolute Gasteiger partial charge is 0.124 e. The van der Waals surface area contributed by atoms with Crippen LogP contribution in [-0.4, -0.2) is 4.98 Å². The summed E-state index contributed by atoms with van der Waals surface area (Å²) in [4.78, 5) is 6.24. The molecule has 1 atom stereocenters. The van der Waals surface area contributed by atoms with E-state index in [9.17, 15) is 0 Å². The maximum absolute atomic E-state index is 6.18. The van der Waals surface area contributed by atoms with Crippen molar-refractivity contribution in [2.24, 2.45) is 5.73 Å². The Morgan fingerprint density at radius 1 is 1.21 bits per heavy atom. The normalized spacial score (nSPS) is 18.4. The van der Waals surface area contributed by atoms with Gasteiger partial charge < -0.3 is 5.73 Å². The van der Waals surface area contributed by atoms with Crippen molar-refractivity contribution in [3.63, 3.8) is 0 Å². The maximum atomic E-state index is 6.18. The molecule has 19 heavy (non-hydrogen) atoms. The summed E-state index contributed by atoms with van der Waals surface area (Å²) in [5.41, 5.74) is 12.6. The van der Waals surface area contributed by atoms with Gasteiger partial charge in [0.15, 0.2) is 0 Å². The minimum absolute atomic E-state index is 0.139. The van der Waals surface area contributed by atoms with E-state index in [0.717, 1.165) is 23.5 Å². The molecule has 0 bridgehead atoms. The number of nitrogens with zero attached hydrogens (tertiary/aromatic N) is 1. The second-order valence-corrected chi connectivity index (χ2v) is 6.68. The number of hydrogen-bond acceptors (Lipinski definition) is 3. The Hall–Kier alpha value is -1.19. The predicted octanol–water partition coefficient (Wildman–Crippen LogP) is 4.07. The van der Waals surface area contributed by atoms with Crippen LogP contribution in [0.4, 0.5) is 0 Å². The van der Waals surface area contributed by atoms with Crippen molar-refractivity contribution in [3.8, 4) is 10.6 Å². The third-order valence-electron chi connectivity index (χ3n) is 3.89. The lowest BCUT2D eigenvalue weighted by atomic mass is 9.98. The van der Waals surface area contributed by atoms with Crippen molar-refractivity contribution in [1.29, 1.82) is 0 Å². The summed E-state index contributed by atoms with van der Waals surface area (Å²) in [5, 5.41) is 1.15. The molecule has 1 aromatic carbocycles. The highest BCUT2D eigenvalue weighted by molar-refractivity contribution is 7.15. The van der Waals surface area contributed by atoms with Gasteiger partial charge in [0.1, 0.15) is 5.01 Å². The fourth-order valence-electron chi connectivity index (χ4n) is 3.08. The van der Waals surface area contributed by atoms with Crippen LogP contribution < -0.4 is 5.73 Å². The summed E-state index contributed by atoms with van der Waals surface area (Å²) in [7, 11) is 0. The van der Waals surface area contributed by atoms with Crippen LogP contribution >= 0.6 is 11.3 Å². The number of rotatable bonds is 1. The lowest BCUT2D eigenvalue weighted by molar-refractivity contribution is 0.564. The first-order chi connectivity index (χ1) is 9.06. The van der Waals surface area contributed by atoms with Crippen LogP contribution in [0.3, 0.4) is 0 Å². The highest BCUT2D eigenvalue weighted by atomic mass is 32.1. The van der Waals surface area contributed by atoms with E-state index >= 15 is 0 Å². The Kier molecular flexibility index (Phi) is 3.19. The van der Waals surface area contributed by atoms with Gasteiger partial charge >= 0.3 is 0 Å². The number of aryl methyl sites for hydroxylation is 4. The van der Waals surface area contributed by atoms with Gasteiger partial charge in [0.2, 0.25) is 0 Å². The third kappa shape index (κ3) is 2.21. The van der Waals surface area contributed by atoms with Crippen LogP contribution in [0.15, 0.2) is 12.1 Å². The van der Waals surface area contributed by atoms with E-state index in [4.69, 9.17) is 10.7 Å². The van der Waals surface area contributed by atoms with Gasteiger partial charge in [-0.1, -0.05) is 17.7 Å². The molecule has 0 amide bonds. The molecule has 1 aromatic heterocycles. The number of thiazole rings is 1. The molecule has 1 heterocycles. The van der Waals surface area contributed by atoms with Gasteiger partial charge in [0, 0.05) is 16.5 Å². The van der Waals surface area contributed by atoms with Crippen molar-refractivity contribution in [2.75, 3.05) is 0 Å². The molecule has 0 saturated heterocycles. The molecule has 0 radical (unpaired) electrons. The third-order valence-corrected chi connectivity index (χ3v) is 5.04. The van der Waals surface area contributed by atoms with Gasteiger partial charge in [-0.2, -0.15) is 0 Å². The standard InChI is InChI=1S/C16H20N2S/c1-9-7-10(2)14(11(3)8-9)16-18-15-12(17)5-4-6-13(15)19-16/h7-8,12H,4-6,17H2,1-3H3. The van der Waals surface area contributed by atoms with E-state index in [2.05, 4.69) is 32.9 Å². The van der Waals surface area contributed by atoms with E-state index < -0.39 is 0 Å². The summed E-state index contributed by atoms with van der Waals surface area (Å²) in [6.07, 6.45) is 3.41. The molecule has 2 N–H and O–H groups in total. The molecule has 1 aliphatic rings. The topological polar surface area (TPSA) is 38.9 Å². The largest absolute Gasteiger partial charge is 0.323 e. The molecular formula is C16H20N2S. The fourth-order valence-corrected chi connectivity index (χ4v) is 4.43. The van der Waals surface area contributed by atoms with E-state index in [1.165, 1.54) is 33.6 Å². The molecule has 0 aliphatic heterocycles. The summed E-state index contributed by atoms with van der Waals surface area (Å²) in [5.74, 6) is 0. The van der Waals surface area contributed by atoms with E-state index in [1.54, 1.807) is 0 Å². The minimum Gasteiger partial charge on any atom is -0.323 e. The Bertz CT molecular complexity index is 605. The first-order valence-electron chi connectivity index (χ1n) is 6.89. The molecule has 1 aliphatic carbocycles. The lowest BCUT2D eigenvalue weighted by Gasteiger charge is -2.15. The molecule has 1 unspecified atom stereocenters. The second kappa shape index (κ2) is 4.73. The molecule has 0 saturated carbocycles. The molecule has 3 rings (SSSR count). The van der Waals surface area contributed by atoms with Crippen molar-refractivity contribution >= 4 is 11.3 Å². The number of benzene rings is 1. The quantitative estimate of drug-likeness (QED) is 0.850. The zero-order chi connectivity index (χ0) is 13.6. The van der Waals surface area contributed by atoms with Crippen molar-refractivity contribution < 1.29 is 0 Å². The van der Waals surface area contributed by atoms with Gasteiger partial charge in [-0.3, -0.25) is 0 Å². The first kappa shape index (κ1) is 12.8. The Labute approximate surface area is 118 Å². The molecular weight excluding hydrogens is 252 g/mol. The van der Waals surface area contributed by atoms with Crippen LogP contribution in [0.25, 0.3) is 10.6 Å². The van der Waals surface area contributed by atoms with Crippen molar-refractivity contribution in [3.05, 3.63) is 39.4 Å². The van der Waals surface area contributed by atoms with Crippen LogP contribution in [0, 0.1) is 20.8 Å². The molecule has 3 heteroatoms. The zero-order valence-corrected chi connectivity index (χ0v) is 12.6. The number of fused-ring (bicyclic) bond motifs is 1. The monoisotopic (exact) mass is 272 g/mol. The van der Waals surface area contributed by atoms with E-state index in [-0.39, 0.29) is 6.04 Å². The van der Waals surface area contributed by atoms with Gasteiger partial charge in [-0.05, 0) is 51.2 Å². The average molecular weight is 272 g/mol. The van der Waals surface area contributed by atoms with Crippen LogP contribution in [0.2, 0.25) is 0 Å². The second-order valence-electron chi connectivity index (χ2n) is 5.60. The van der Waals surface area contributed by atoms with Crippen molar-refractivity contribution in [1.82, 2.24) is 4.98 Å². The maximum Gasteiger partial charge on any atom is 0.124 e. The average Bonchev–Trinajstić information content (AvgIpc) is 2.72. The van der Waals surface area contributed by atoms with E-state index in [1.807, 2.05) is 11.3 Å². The minimum atomic E-state index is 0.139. The number of nitrogens with two attached hydrogens (primary N) is 1. The predicted molar refractivity (Wildman–Crippen MR) is 81.6 cm³/mol. The lowest BCUT2D eigenvalue weighted by Crippen LogP contribution is -2.16. The van der Waals surface area contributed by atoms with Gasteiger partial charge in [0.05, 0.1) is 5.69 Å². The molecule has 2 aromatic rings. The van der Waals surface area contributed by atoms with Crippen LogP contribution in [-0.2, 0) is 6.42 Å². The summed E-state index contributed by atoms with van der Waals surface area (Å²) in [6, 6.07) is 4.62. The molecule has 0 spiro atoms. The van der Waals surface area contributed by atoms with Gasteiger partial charge in [-0.15, -0.1) is 11.3 Å². The van der Waals surface area contributed by atoms with Gasteiger partial charge in [-0.25, -0.2) is 4.98 Å². The first-order valence-corrected chi connectivity index (χ1v) is 7.71. The fraction of sp³-hybridized carbons (Fsp3) is 0.438. The molecule has 0 fully saturated rings. The molecule has 100 valence electrons. The van der Waals surface area contributed by atoms with Crippen LogP contribution in [0.5, 0.6) is 0 Å². The Balaban J connectivity index is 2.13. The Morgan fingerprint density at radius 2 is 1.89 bits per heavy atom. The van der Waals surface area contributed by atoms with Gasteiger partial charge in [0.25, 0.3) is 0 Å². The summed E-state index contributed by atoms with van der Waals surface area (Å²) < 4.78 is 0. The van der Waals surface area contributed by atoms with Crippen LogP contribution in [0.1, 0.15) is 46.1 Å². The highest BCUT2D eigenvalue weighted by Crippen LogP contribution is 2.38. The van der Waals surface area contributed by atoms with Crippen molar-refractivity contribution in [2.45, 2.75) is 46.1 Å². The number of aromatic nitrogens is 1. The zero-order valence-electron chi connectivity index (χ0n) is 11.8. The SMILES string of the molecule is Cc1cc(C)c(-c2nc3c(s2)CCCC3N)c(C)c1. The number of hydrogen-bond donors (Lipinski definition) is 1. The summed E-state index contributed by atoms with van der Waals surface area (Å²) >= 11 is 1.84.